The van der Waals surface area contributed by atoms with Crippen LogP contribution in [0.2, 0.25) is 0 Å². The molecule has 0 amide bonds. The lowest BCUT2D eigenvalue weighted by Crippen LogP contribution is -2.27. The van der Waals surface area contributed by atoms with E-state index in [1.54, 1.807) is 7.11 Å². The van der Waals surface area contributed by atoms with Crippen LogP contribution in [0.3, 0.4) is 0 Å². The number of benzene rings is 1. The minimum Gasteiger partial charge on any atom is -0.497 e. The molecular weight excluding hydrogens is 246 g/mol. The topological polar surface area (TPSA) is 38.3 Å². The Balaban J connectivity index is 2.03. The molecule has 0 aromatic heterocycles. The van der Waals surface area contributed by atoms with E-state index in [0.717, 1.165) is 36.5 Å². The van der Waals surface area contributed by atoms with Crippen LogP contribution in [-0.2, 0) is 10.8 Å². The number of nitrogens with one attached hydrogen (secondary N) is 1. The summed E-state index contributed by atoms with van der Waals surface area (Å²) in [6, 6.07) is 8.14. The van der Waals surface area contributed by atoms with E-state index in [1.165, 1.54) is 0 Å². The van der Waals surface area contributed by atoms with E-state index in [2.05, 4.69) is 12.2 Å². The van der Waals surface area contributed by atoms with Crippen molar-refractivity contribution >= 4 is 10.8 Å². The maximum Gasteiger partial charge on any atom is 0.120 e. The first-order chi connectivity index (χ1) is 8.74. The number of ether oxygens (including phenoxy) is 1. The predicted octanol–water partition coefficient (Wildman–Crippen LogP) is 2.33. The van der Waals surface area contributed by atoms with Crippen LogP contribution in [0.4, 0.5) is 0 Å². The molecule has 18 heavy (non-hydrogen) atoms. The molecule has 2 rings (SSSR count). The Morgan fingerprint density at radius 2 is 2.28 bits per heavy atom. The third-order valence-corrected chi connectivity index (χ3v) is 5.21. The van der Waals surface area contributed by atoms with Gasteiger partial charge in [0.25, 0.3) is 0 Å². The quantitative estimate of drug-likeness (QED) is 0.890. The maximum atomic E-state index is 12.5. The minimum absolute atomic E-state index is 0.279. The van der Waals surface area contributed by atoms with Gasteiger partial charge in [0.1, 0.15) is 5.75 Å². The normalized spacial score (nSPS) is 25.0. The van der Waals surface area contributed by atoms with E-state index in [4.69, 9.17) is 4.74 Å². The summed E-state index contributed by atoms with van der Waals surface area (Å²) in [6.45, 7) is 3.11. The van der Waals surface area contributed by atoms with E-state index in [9.17, 15) is 4.21 Å². The Labute approximate surface area is 111 Å². The first-order valence-corrected chi connectivity index (χ1v) is 7.74. The molecule has 3 nitrogen and oxygen atoms in total. The predicted molar refractivity (Wildman–Crippen MR) is 74.5 cm³/mol. The average Bonchev–Trinajstić information content (AvgIpc) is 2.87. The Kier molecular flexibility index (Phi) is 4.78. The number of rotatable bonds is 5. The van der Waals surface area contributed by atoms with Crippen LogP contribution in [0.15, 0.2) is 29.2 Å². The van der Waals surface area contributed by atoms with Gasteiger partial charge in [-0.2, -0.15) is 0 Å². The van der Waals surface area contributed by atoms with Gasteiger partial charge in [-0.25, -0.2) is 0 Å². The SMILES string of the molecule is CCNC1CCC(S(=O)c2cccc(OC)c2)C1. The van der Waals surface area contributed by atoms with Gasteiger partial charge in [0, 0.05) is 16.2 Å². The van der Waals surface area contributed by atoms with E-state index in [-0.39, 0.29) is 5.25 Å². The van der Waals surface area contributed by atoms with Gasteiger partial charge in [-0.15, -0.1) is 0 Å². The lowest BCUT2D eigenvalue weighted by molar-refractivity contribution is 0.413. The molecule has 0 aliphatic heterocycles. The summed E-state index contributed by atoms with van der Waals surface area (Å²) in [5.74, 6) is 0.780. The molecule has 0 saturated heterocycles. The van der Waals surface area contributed by atoms with Crippen LogP contribution in [0.1, 0.15) is 26.2 Å². The number of hydrogen-bond donors (Lipinski definition) is 1. The Morgan fingerprint density at radius 1 is 1.44 bits per heavy atom. The molecule has 1 aromatic rings. The summed E-state index contributed by atoms with van der Waals surface area (Å²) < 4.78 is 17.7. The summed E-state index contributed by atoms with van der Waals surface area (Å²) in [5.41, 5.74) is 0. The molecule has 1 aliphatic rings. The highest BCUT2D eigenvalue weighted by Gasteiger charge is 2.29. The molecule has 1 saturated carbocycles. The molecule has 1 aliphatic carbocycles. The van der Waals surface area contributed by atoms with Crippen LogP contribution in [0.5, 0.6) is 5.75 Å². The zero-order chi connectivity index (χ0) is 13.0. The molecule has 1 fully saturated rings. The first kappa shape index (κ1) is 13.6. The molecule has 0 heterocycles. The summed E-state index contributed by atoms with van der Waals surface area (Å²) in [7, 11) is 0.723. The molecule has 4 heteroatoms. The molecular formula is C14H21NO2S. The summed E-state index contributed by atoms with van der Waals surface area (Å²) >= 11 is 0. The second-order valence-electron chi connectivity index (χ2n) is 4.67. The minimum atomic E-state index is -0.915. The van der Waals surface area contributed by atoms with E-state index in [0.29, 0.717) is 6.04 Å². The third-order valence-electron chi connectivity index (χ3n) is 3.45. The lowest BCUT2D eigenvalue weighted by atomic mass is 10.2. The average molecular weight is 267 g/mol. The van der Waals surface area contributed by atoms with Gasteiger partial charge in [0.2, 0.25) is 0 Å². The van der Waals surface area contributed by atoms with Crippen LogP contribution >= 0.6 is 0 Å². The van der Waals surface area contributed by atoms with Crippen molar-refractivity contribution in [2.45, 2.75) is 42.4 Å². The summed E-state index contributed by atoms with van der Waals surface area (Å²) in [5, 5.41) is 3.72. The van der Waals surface area contributed by atoms with Gasteiger partial charge in [-0.05, 0) is 44.0 Å². The zero-order valence-electron chi connectivity index (χ0n) is 11.0. The fraction of sp³-hybridized carbons (Fsp3) is 0.571. The second kappa shape index (κ2) is 6.34. The fourth-order valence-electron chi connectivity index (χ4n) is 2.53. The van der Waals surface area contributed by atoms with Gasteiger partial charge < -0.3 is 10.1 Å². The van der Waals surface area contributed by atoms with E-state index in [1.807, 2.05) is 24.3 Å². The Hall–Kier alpha value is -0.870. The van der Waals surface area contributed by atoms with Crippen LogP contribution in [0.25, 0.3) is 0 Å². The second-order valence-corrected chi connectivity index (χ2v) is 6.40. The van der Waals surface area contributed by atoms with Crippen LogP contribution in [0, 0.1) is 0 Å². The van der Waals surface area contributed by atoms with Crippen molar-refractivity contribution in [1.29, 1.82) is 0 Å². The monoisotopic (exact) mass is 267 g/mol. The molecule has 1 aromatic carbocycles. The van der Waals surface area contributed by atoms with Crippen molar-refractivity contribution in [2.75, 3.05) is 13.7 Å². The smallest absolute Gasteiger partial charge is 0.120 e. The molecule has 3 atom stereocenters. The zero-order valence-corrected chi connectivity index (χ0v) is 11.8. The number of methoxy groups -OCH3 is 1. The first-order valence-electron chi connectivity index (χ1n) is 6.52. The largest absolute Gasteiger partial charge is 0.497 e. The highest BCUT2D eigenvalue weighted by atomic mass is 32.2. The molecule has 100 valence electrons. The molecule has 0 bridgehead atoms. The Bertz CT molecular complexity index is 422. The Morgan fingerprint density at radius 3 is 3.00 bits per heavy atom. The molecule has 1 N–H and O–H groups in total. The van der Waals surface area contributed by atoms with Gasteiger partial charge in [-0.1, -0.05) is 13.0 Å². The van der Waals surface area contributed by atoms with Gasteiger partial charge in [0.15, 0.2) is 0 Å². The molecule has 3 unspecified atom stereocenters. The van der Waals surface area contributed by atoms with E-state index < -0.39 is 10.8 Å². The summed E-state index contributed by atoms with van der Waals surface area (Å²) in [6.07, 6.45) is 3.19. The van der Waals surface area contributed by atoms with Crippen LogP contribution < -0.4 is 10.1 Å². The van der Waals surface area contributed by atoms with Crippen molar-refractivity contribution in [1.82, 2.24) is 5.32 Å². The standard InChI is InChI=1S/C14H21NO2S/c1-3-15-11-7-8-14(9-11)18(16)13-6-4-5-12(10-13)17-2/h4-6,10-11,14-15H,3,7-9H2,1-2H3. The number of hydrogen-bond acceptors (Lipinski definition) is 3. The van der Waals surface area contributed by atoms with Gasteiger partial charge >= 0.3 is 0 Å². The van der Waals surface area contributed by atoms with Crippen molar-refractivity contribution in [3.05, 3.63) is 24.3 Å². The fourth-order valence-corrected chi connectivity index (χ4v) is 4.11. The summed E-state index contributed by atoms with van der Waals surface area (Å²) in [4.78, 5) is 0.886. The van der Waals surface area contributed by atoms with Gasteiger partial charge in [-0.3, -0.25) is 4.21 Å². The molecule has 0 radical (unpaired) electrons. The van der Waals surface area contributed by atoms with Crippen LogP contribution in [-0.4, -0.2) is 29.2 Å². The van der Waals surface area contributed by atoms with Gasteiger partial charge in [0.05, 0.1) is 17.9 Å². The van der Waals surface area contributed by atoms with E-state index >= 15 is 0 Å². The third kappa shape index (κ3) is 3.12. The van der Waals surface area contributed by atoms with Crippen molar-refractivity contribution in [2.24, 2.45) is 0 Å². The highest BCUT2D eigenvalue weighted by molar-refractivity contribution is 7.85. The highest BCUT2D eigenvalue weighted by Crippen LogP contribution is 2.28. The van der Waals surface area contributed by atoms with Crippen molar-refractivity contribution in [3.8, 4) is 5.75 Å². The molecule has 0 spiro atoms. The lowest BCUT2D eigenvalue weighted by Gasteiger charge is -2.12. The maximum absolute atomic E-state index is 12.5. The van der Waals surface area contributed by atoms with Crippen molar-refractivity contribution < 1.29 is 8.95 Å². The van der Waals surface area contributed by atoms with Crippen molar-refractivity contribution in [3.63, 3.8) is 0 Å².